The summed E-state index contributed by atoms with van der Waals surface area (Å²) in [4.78, 5) is 15.0. The molecule has 0 atom stereocenters. The maximum absolute atomic E-state index is 13.3. The van der Waals surface area contributed by atoms with E-state index in [0.29, 0.717) is 19.8 Å². The zero-order valence-corrected chi connectivity index (χ0v) is 15.4. The molecule has 0 aliphatic carbocycles. The lowest BCUT2D eigenvalue weighted by Crippen LogP contribution is -2.47. The lowest BCUT2D eigenvalue weighted by atomic mass is 10.1. The van der Waals surface area contributed by atoms with Gasteiger partial charge < -0.3 is 19.1 Å². The minimum absolute atomic E-state index is 0.189. The molecule has 0 N–H and O–H groups in total. The number of methoxy groups -OCH3 is 1. The summed E-state index contributed by atoms with van der Waals surface area (Å²) in [5.74, 6) is -0.772. The van der Waals surface area contributed by atoms with Gasteiger partial charge in [-0.2, -0.15) is 0 Å². The fraction of sp³-hybridized carbons (Fsp3) is 0.316. The van der Waals surface area contributed by atoms with Crippen LogP contribution in [0.25, 0.3) is 0 Å². The SMILES string of the molecule is COc1ccccc1CN1C(=O)C2(OCCCO2)c2cc(Br)ccc21. The Morgan fingerprint density at radius 1 is 1.20 bits per heavy atom. The number of nitrogens with zero attached hydrogens (tertiary/aromatic N) is 1. The van der Waals surface area contributed by atoms with E-state index >= 15 is 0 Å². The third-order valence-electron chi connectivity index (χ3n) is 4.55. The Morgan fingerprint density at radius 3 is 2.72 bits per heavy atom. The lowest BCUT2D eigenvalue weighted by molar-refractivity contribution is -0.256. The van der Waals surface area contributed by atoms with Gasteiger partial charge in [-0.15, -0.1) is 0 Å². The van der Waals surface area contributed by atoms with E-state index in [1.807, 2.05) is 42.5 Å². The predicted octanol–water partition coefficient (Wildman–Crippen LogP) is 3.59. The molecule has 0 radical (unpaired) electrons. The number of fused-ring (bicyclic) bond motifs is 2. The highest BCUT2D eigenvalue weighted by atomic mass is 79.9. The second kappa shape index (κ2) is 6.44. The molecule has 6 heteroatoms. The van der Waals surface area contributed by atoms with Gasteiger partial charge in [0.2, 0.25) is 0 Å². The second-order valence-corrected chi connectivity index (χ2v) is 6.95. The van der Waals surface area contributed by atoms with Gasteiger partial charge in [0, 0.05) is 15.6 Å². The highest BCUT2D eigenvalue weighted by Crippen LogP contribution is 2.47. The monoisotopic (exact) mass is 403 g/mol. The largest absolute Gasteiger partial charge is 0.496 e. The summed E-state index contributed by atoms with van der Waals surface area (Å²) in [7, 11) is 1.63. The third kappa shape index (κ3) is 2.65. The Labute approximate surface area is 154 Å². The summed E-state index contributed by atoms with van der Waals surface area (Å²) < 4.78 is 18.1. The quantitative estimate of drug-likeness (QED) is 0.785. The van der Waals surface area contributed by atoms with Gasteiger partial charge in [-0.3, -0.25) is 4.79 Å². The van der Waals surface area contributed by atoms with Crippen LogP contribution in [0.3, 0.4) is 0 Å². The van der Waals surface area contributed by atoms with Gasteiger partial charge in [0.1, 0.15) is 5.75 Å². The molecule has 4 rings (SSSR count). The van der Waals surface area contributed by atoms with E-state index in [2.05, 4.69) is 15.9 Å². The van der Waals surface area contributed by atoms with E-state index < -0.39 is 5.79 Å². The number of ether oxygens (including phenoxy) is 3. The first-order chi connectivity index (χ1) is 12.2. The number of rotatable bonds is 3. The van der Waals surface area contributed by atoms with Crippen molar-refractivity contribution < 1.29 is 19.0 Å². The minimum Gasteiger partial charge on any atom is -0.496 e. The summed E-state index contributed by atoms with van der Waals surface area (Å²) >= 11 is 3.48. The van der Waals surface area contributed by atoms with Crippen LogP contribution < -0.4 is 9.64 Å². The van der Waals surface area contributed by atoms with Gasteiger partial charge in [-0.25, -0.2) is 0 Å². The Balaban J connectivity index is 1.78. The van der Waals surface area contributed by atoms with E-state index in [-0.39, 0.29) is 5.91 Å². The van der Waals surface area contributed by atoms with Gasteiger partial charge in [0.15, 0.2) is 0 Å². The highest BCUT2D eigenvalue weighted by Gasteiger charge is 2.55. The van der Waals surface area contributed by atoms with Crippen LogP contribution in [-0.4, -0.2) is 26.2 Å². The fourth-order valence-corrected chi connectivity index (χ4v) is 3.74. The molecule has 2 aliphatic heterocycles. The summed E-state index contributed by atoms with van der Waals surface area (Å²) in [6.07, 6.45) is 0.783. The molecule has 2 aromatic rings. The summed E-state index contributed by atoms with van der Waals surface area (Å²) in [6, 6.07) is 13.4. The van der Waals surface area contributed by atoms with Crippen molar-refractivity contribution in [2.45, 2.75) is 18.8 Å². The number of carbonyl (C=O) groups excluding carboxylic acids is 1. The Hall–Kier alpha value is -1.89. The van der Waals surface area contributed by atoms with Gasteiger partial charge in [0.05, 0.1) is 32.6 Å². The number of halogens is 1. The van der Waals surface area contributed by atoms with Crippen LogP contribution in [0.15, 0.2) is 46.9 Å². The van der Waals surface area contributed by atoms with Crippen LogP contribution in [0.2, 0.25) is 0 Å². The number of anilines is 1. The zero-order valence-electron chi connectivity index (χ0n) is 13.8. The van der Waals surface area contributed by atoms with Gasteiger partial charge >= 0.3 is 0 Å². The average molecular weight is 404 g/mol. The molecule has 1 fully saturated rings. The summed E-state index contributed by atoms with van der Waals surface area (Å²) in [6.45, 7) is 1.40. The van der Waals surface area contributed by atoms with Gasteiger partial charge in [-0.1, -0.05) is 34.1 Å². The number of benzene rings is 2. The molecule has 130 valence electrons. The van der Waals surface area contributed by atoms with E-state index in [1.54, 1.807) is 12.0 Å². The van der Waals surface area contributed by atoms with Crippen molar-refractivity contribution in [2.24, 2.45) is 0 Å². The van der Waals surface area contributed by atoms with Crippen molar-refractivity contribution in [3.8, 4) is 5.75 Å². The molecular weight excluding hydrogens is 386 g/mol. The number of carbonyl (C=O) groups is 1. The predicted molar refractivity (Wildman–Crippen MR) is 96.5 cm³/mol. The molecule has 0 saturated carbocycles. The fourth-order valence-electron chi connectivity index (χ4n) is 3.38. The van der Waals surface area contributed by atoms with Crippen LogP contribution in [0, 0.1) is 0 Å². The average Bonchev–Trinajstić information content (AvgIpc) is 2.85. The number of amides is 1. The first-order valence-electron chi connectivity index (χ1n) is 8.17. The molecule has 2 aromatic carbocycles. The topological polar surface area (TPSA) is 48.0 Å². The number of hydrogen-bond donors (Lipinski definition) is 0. The lowest BCUT2D eigenvalue weighted by Gasteiger charge is -2.32. The molecule has 1 amide bonds. The number of hydrogen-bond acceptors (Lipinski definition) is 4. The molecule has 0 bridgehead atoms. The maximum atomic E-state index is 13.3. The van der Waals surface area contributed by atoms with Gasteiger partial charge in [-0.05, 0) is 30.7 Å². The van der Waals surface area contributed by atoms with Crippen LogP contribution >= 0.6 is 15.9 Å². The standard InChI is InChI=1S/C19H18BrNO4/c1-23-17-6-3-2-5-13(17)12-21-16-8-7-14(20)11-15(16)19(18(21)22)24-9-4-10-25-19/h2-3,5-8,11H,4,9-10,12H2,1H3. The molecular formula is C19H18BrNO4. The number of para-hydroxylation sites is 1. The van der Waals surface area contributed by atoms with E-state index in [9.17, 15) is 4.79 Å². The van der Waals surface area contributed by atoms with E-state index in [0.717, 1.165) is 33.5 Å². The van der Waals surface area contributed by atoms with Crippen molar-refractivity contribution in [3.63, 3.8) is 0 Å². The first kappa shape index (κ1) is 16.6. The first-order valence-corrected chi connectivity index (χ1v) is 8.97. The summed E-state index contributed by atoms with van der Waals surface area (Å²) in [5, 5.41) is 0. The molecule has 2 heterocycles. The van der Waals surface area contributed by atoms with Crippen molar-refractivity contribution in [1.29, 1.82) is 0 Å². The van der Waals surface area contributed by atoms with Crippen LogP contribution in [-0.2, 0) is 26.6 Å². The normalized spacial score (nSPS) is 18.5. The zero-order chi connectivity index (χ0) is 17.4. The Bertz CT molecular complexity index is 817. The molecule has 5 nitrogen and oxygen atoms in total. The smallest absolute Gasteiger partial charge is 0.292 e. The van der Waals surface area contributed by atoms with Crippen molar-refractivity contribution >= 4 is 27.5 Å². The Morgan fingerprint density at radius 2 is 1.96 bits per heavy atom. The minimum atomic E-state index is -1.33. The molecule has 1 spiro atoms. The van der Waals surface area contributed by atoms with Crippen LogP contribution in [0.4, 0.5) is 5.69 Å². The van der Waals surface area contributed by atoms with E-state index in [4.69, 9.17) is 14.2 Å². The molecule has 0 aromatic heterocycles. The van der Waals surface area contributed by atoms with Crippen molar-refractivity contribution in [2.75, 3.05) is 25.2 Å². The van der Waals surface area contributed by atoms with Crippen molar-refractivity contribution in [1.82, 2.24) is 0 Å². The van der Waals surface area contributed by atoms with Crippen molar-refractivity contribution in [3.05, 3.63) is 58.1 Å². The highest BCUT2D eigenvalue weighted by molar-refractivity contribution is 9.10. The third-order valence-corrected chi connectivity index (χ3v) is 5.04. The van der Waals surface area contributed by atoms with Crippen LogP contribution in [0.1, 0.15) is 17.5 Å². The van der Waals surface area contributed by atoms with E-state index in [1.165, 1.54) is 0 Å². The Kier molecular flexibility index (Phi) is 4.27. The second-order valence-electron chi connectivity index (χ2n) is 6.03. The van der Waals surface area contributed by atoms with Gasteiger partial charge in [0.25, 0.3) is 11.7 Å². The molecule has 2 aliphatic rings. The molecule has 1 saturated heterocycles. The summed E-state index contributed by atoms with van der Waals surface area (Å²) in [5.41, 5.74) is 2.49. The van der Waals surface area contributed by atoms with Crippen LogP contribution in [0.5, 0.6) is 5.75 Å². The molecule has 0 unspecified atom stereocenters. The maximum Gasteiger partial charge on any atom is 0.292 e. The molecule has 25 heavy (non-hydrogen) atoms.